The molecular weight excluding hydrogens is 556 g/mol. The molecule has 0 radical (unpaired) electrons. The molecule has 5 unspecified atom stereocenters. The maximum atomic E-state index is 9.72. The quantitative estimate of drug-likeness (QED) is 0.148. The van der Waals surface area contributed by atoms with Crippen molar-refractivity contribution in [2.75, 3.05) is 65.4 Å². The van der Waals surface area contributed by atoms with Crippen molar-refractivity contribution in [1.29, 1.82) is 0 Å². The first kappa shape index (κ1) is 40.9. The van der Waals surface area contributed by atoms with E-state index in [9.17, 15) is 5.11 Å². The van der Waals surface area contributed by atoms with Gasteiger partial charge in [0, 0.05) is 76.5 Å². The number of piperazine rings is 2. The number of hydrogen-bond donors (Lipinski definition) is 1. The molecule has 2 heterocycles. The Balaban J connectivity index is 1.66. The summed E-state index contributed by atoms with van der Waals surface area (Å²) in [6, 6.07) is 0. The summed E-state index contributed by atoms with van der Waals surface area (Å²) in [5, 5.41) is 9.72. The molecule has 0 saturated carbocycles. The number of hydrogen-bond acceptors (Lipinski definition) is 6. The van der Waals surface area contributed by atoms with Gasteiger partial charge in [-0.1, -0.05) is 27.7 Å². The van der Waals surface area contributed by atoms with E-state index in [1.54, 1.807) is 0 Å². The largest absolute Gasteiger partial charge is 0.393 e. The van der Waals surface area contributed by atoms with Crippen LogP contribution in [-0.2, 0) is 4.74 Å². The van der Waals surface area contributed by atoms with Crippen LogP contribution in [0.1, 0.15) is 135 Å². The van der Waals surface area contributed by atoms with Gasteiger partial charge < -0.3 is 19.6 Å². The van der Waals surface area contributed by atoms with Crippen molar-refractivity contribution in [3.8, 4) is 0 Å². The molecule has 268 valence electrons. The van der Waals surface area contributed by atoms with Gasteiger partial charge in [0.2, 0.25) is 0 Å². The highest BCUT2D eigenvalue weighted by atomic mass is 16.5. The second-order valence-electron chi connectivity index (χ2n) is 18.1. The van der Waals surface area contributed by atoms with Gasteiger partial charge in [-0.25, -0.2) is 0 Å². The average molecular weight is 637 g/mol. The van der Waals surface area contributed by atoms with E-state index in [2.05, 4.69) is 103 Å². The summed E-state index contributed by atoms with van der Waals surface area (Å²) in [6.07, 6.45) is 8.42. The molecule has 45 heavy (non-hydrogen) atoms. The minimum absolute atomic E-state index is 0.0385. The van der Waals surface area contributed by atoms with Crippen LogP contribution in [0.25, 0.3) is 0 Å². The molecule has 5 atom stereocenters. The Bertz CT molecular complexity index is 797. The summed E-state index contributed by atoms with van der Waals surface area (Å²) in [4.78, 5) is 10.9. The fraction of sp³-hybridized carbons (Fsp3) is 1.00. The molecule has 0 aromatic carbocycles. The van der Waals surface area contributed by atoms with Gasteiger partial charge in [0.05, 0.1) is 17.8 Å². The van der Waals surface area contributed by atoms with Crippen LogP contribution in [-0.4, -0.2) is 119 Å². The van der Waals surface area contributed by atoms with Crippen molar-refractivity contribution < 1.29 is 9.84 Å². The maximum absolute atomic E-state index is 9.72. The van der Waals surface area contributed by atoms with Gasteiger partial charge in [-0.3, -0.25) is 9.80 Å². The van der Waals surface area contributed by atoms with E-state index >= 15 is 0 Å². The molecule has 2 saturated heterocycles. The first-order valence-electron chi connectivity index (χ1n) is 19.1. The van der Waals surface area contributed by atoms with E-state index in [-0.39, 0.29) is 28.9 Å². The van der Waals surface area contributed by atoms with Crippen LogP contribution in [0.3, 0.4) is 0 Å². The molecule has 0 amide bonds. The van der Waals surface area contributed by atoms with Gasteiger partial charge >= 0.3 is 0 Å². The van der Waals surface area contributed by atoms with Crippen molar-refractivity contribution in [3.63, 3.8) is 0 Å². The Morgan fingerprint density at radius 2 is 0.956 bits per heavy atom. The summed E-state index contributed by atoms with van der Waals surface area (Å²) in [7, 11) is 0. The highest BCUT2D eigenvalue weighted by molar-refractivity contribution is 4.89. The van der Waals surface area contributed by atoms with E-state index in [1.807, 2.05) is 6.92 Å². The number of rotatable bonds is 20. The molecule has 6 heteroatoms. The van der Waals surface area contributed by atoms with Gasteiger partial charge in [-0.2, -0.15) is 0 Å². The van der Waals surface area contributed by atoms with Crippen molar-refractivity contribution in [1.82, 2.24) is 19.6 Å². The first-order valence-corrected chi connectivity index (χ1v) is 19.1. The van der Waals surface area contributed by atoms with E-state index in [0.29, 0.717) is 11.8 Å². The Morgan fingerprint density at radius 3 is 1.33 bits per heavy atom. The van der Waals surface area contributed by atoms with E-state index in [4.69, 9.17) is 4.74 Å². The Hall–Kier alpha value is -0.240. The molecule has 2 rings (SSSR count). The lowest BCUT2D eigenvalue weighted by Gasteiger charge is -2.45. The molecule has 6 nitrogen and oxygen atoms in total. The summed E-state index contributed by atoms with van der Waals surface area (Å²) in [5.74, 6) is 2.77. The lowest BCUT2D eigenvalue weighted by molar-refractivity contribution is -0.0692. The van der Waals surface area contributed by atoms with E-state index < -0.39 is 0 Å². The molecule has 0 aliphatic carbocycles. The third kappa shape index (κ3) is 15.7. The van der Waals surface area contributed by atoms with Crippen LogP contribution < -0.4 is 0 Å². The van der Waals surface area contributed by atoms with Gasteiger partial charge in [0.25, 0.3) is 0 Å². The zero-order valence-electron chi connectivity index (χ0n) is 32.6. The van der Waals surface area contributed by atoms with Gasteiger partial charge in [0.1, 0.15) is 0 Å². The molecule has 0 spiro atoms. The summed E-state index contributed by atoms with van der Waals surface area (Å²) in [6.45, 7) is 42.2. The van der Waals surface area contributed by atoms with Crippen LogP contribution in [0.2, 0.25) is 0 Å². The maximum Gasteiger partial charge on any atom is 0.0632 e. The predicted octanol–water partition coefficient (Wildman–Crippen LogP) is 7.64. The van der Waals surface area contributed by atoms with Crippen molar-refractivity contribution in [3.05, 3.63) is 0 Å². The van der Waals surface area contributed by atoms with Crippen LogP contribution in [0.15, 0.2) is 0 Å². The topological polar surface area (TPSA) is 42.4 Å². The zero-order valence-corrected chi connectivity index (χ0v) is 32.6. The SMILES string of the molecule is CC(O)CC(C)CCC(C)(C)N1CCN(CC(C)CC(C)CN2CCN(C(C)(C)CCC(C)CC(C)(C)OC(C)C)CC2)CC1. The van der Waals surface area contributed by atoms with Crippen LogP contribution in [0.5, 0.6) is 0 Å². The predicted molar refractivity (Wildman–Crippen MR) is 195 cm³/mol. The summed E-state index contributed by atoms with van der Waals surface area (Å²) < 4.78 is 6.17. The Labute approximate surface area is 282 Å². The summed E-state index contributed by atoms with van der Waals surface area (Å²) in [5.41, 5.74) is 0.472. The standard InChI is InChI=1S/C39H80N4O2/c1-31(2)45-39(12,13)28-33(4)15-17-38(10,11)43-24-20-41(21-25-43)30-35(6)26-34(5)29-40-18-22-42(23-19-40)37(8,9)16-14-32(3)27-36(7)44/h31-36,44H,14-30H2,1-13H3. The van der Waals surface area contributed by atoms with Crippen molar-refractivity contribution >= 4 is 0 Å². The van der Waals surface area contributed by atoms with E-state index in [1.165, 1.54) is 97.6 Å². The lowest BCUT2D eigenvalue weighted by Crippen LogP contribution is -2.55. The molecular formula is C39H80N4O2. The average Bonchev–Trinajstić information content (AvgIpc) is 2.90. The number of aliphatic hydroxyl groups is 1. The van der Waals surface area contributed by atoms with Gasteiger partial charge in [-0.05, 0) is 131 Å². The molecule has 2 aliphatic heterocycles. The van der Waals surface area contributed by atoms with E-state index in [0.717, 1.165) is 24.7 Å². The highest BCUT2D eigenvalue weighted by Crippen LogP contribution is 2.30. The second kappa shape index (κ2) is 18.5. The molecule has 0 aromatic rings. The minimum Gasteiger partial charge on any atom is -0.393 e. The van der Waals surface area contributed by atoms with Crippen LogP contribution in [0.4, 0.5) is 0 Å². The zero-order chi connectivity index (χ0) is 34.0. The van der Waals surface area contributed by atoms with Crippen molar-refractivity contribution in [2.24, 2.45) is 23.7 Å². The van der Waals surface area contributed by atoms with Gasteiger partial charge in [-0.15, -0.1) is 0 Å². The first-order chi connectivity index (χ1) is 20.8. The smallest absolute Gasteiger partial charge is 0.0632 e. The molecule has 0 aromatic heterocycles. The lowest BCUT2D eigenvalue weighted by atomic mass is 9.86. The van der Waals surface area contributed by atoms with Gasteiger partial charge in [0.15, 0.2) is 0 Å². The third-order valence-corrected chi connectivity index (χ3v) is 11.0. The fourth-order valence-electron chi connectivity index (χ4n) is 8.63. The number of aliphatic hydroxyl groups excluding tert-OH is 1. The fourth-order valence-corrected chi connectivity index (χ4v) is 8.63. The summed E-state index contributed by atoms with van der Waals surface area (Å²) >= 11 is 0. The molecule has 0 bridgehead atoms. The number of ether oxygens (including phenoxy) is 1. The molecule has 1 N–H and O–H groups in total. The monoisotopic (exact) mass is 637 g/mol. The van der Waals surface area contributed by atoms with Crippen LogP contribution in [0, 0.1) is 23.7 Å². The molecule has 2 aliphatic rings. The minimum atomic E-state index is -0.183. The second-order valence-corrected chi connectivity index (χ2v) is 18.1. The van der Waals surface area contributed by atoms with Crippen molar-refractivity contribution in [2.45, 2.75) is 164 Å². The van der Waals surface area contributed by atoms with Crippen LogP contribution >= 0.6 is 0 Å². The highest BCUT2D eigenvalue weighted by Gasteiger charge is 2.33. The number of nitrogens with zero attached hydrogens (tertiary/aromatic N) is 4. The Kier molecular flexibility index (Phi) is 16.8. The third-order valence-electron chi connectivity index (χ3n) is 11.0. The Morgan fingerprint density at radius 1 is 0.556 bits per heavy atom. The molecule has 2 fully saturated rings. The normalized spacial score (nSPS) is 22.5.